The molecule has 0 saturated heterocycles. The fourth-order valence-electron chi connectivity index (χ4n) is 1.62. The number of nitriles is 1. The van der Waals surface area contributed by atoms with E-state index in [0.717, 1.165) is 12.8 Å². The first-order chi connectivity index (χ1) is 8.05. The molecule has 1 aliphatic rings. The lowest BCUT2D eigenvalue weighted by molar-refractivity contribution is 0.355. The summed E-state index contributed by atoms with van der Waals surface area (Å²) in [6, 6.07) is 5.28. The predicted octanol–water partition coefficient (Wildman–Crippen LogP) is 1.49. The maximum Gasteiger partial charge on any atom is 0.230 e. The summed E-state index contributed by atoms with van der Waals surface area (Å²) in [4.78, 5) is 0. The zero-order chi connectivity index (χ0) is 12.5. The van der Waals surface area contributed by atoms with E-state index in [1.165, 1.54) is 17.5 Å². The normalized spacial score (nSPS) is 17.9. The molecule has 0 amide bonds. The zero-order valence-electron chi connectivity index (χ0n) is 9.54. The molecule has 1 unspecified atom stereocenters. The Bertz CT molecular complexity index is 511. The lowest BCUT2D eigenvalue weighted by Gasteiger charge is -2.21. The highest BCUT2D eigenvalue weighted by Gasteiger charge is 2.40. The van der Waals surface area contributed by atoms with Crippen LogP contribution in [-0.4, -0.2) is 24.0 Å². The third kappa shape index (κ3) is 2.51. The molecule has 0 radical (unpaired) electrons. The van der Waals surface area contributed by atoms with Gasteiger partial charge in [0.05, 0.1) is 18.9 Å². The quantitative estimate of drug-likeness (QED) is 0.797. The third-order valence-corrected chi connectivity index (χ3v) is 4.88. The van der Waals surface area contributed by atoms with Crippen LogP contribution in [0.1, 0.15) is 25.5 Å². The molecule has 1 aromatic rings. The van der Waals surface area contributed by atoms with Crippen molar-refractivity contribution in [3.63, 3.8) is 0 Å². The Morgan fingerprint density at radius 1 is 1.65 bits per heavy atom. The largest absolute Gasteiger partial charge is 0.468 e. The molecule has 1 heterocycles. The summed E-state index contributed by atoms with van der Waals surface area (Å²) in [6.07, 6.45) is 3.23. The van der Waals surface area contributed by atoms with Crippen LogP contribution in [0.5, 0.6) is 0 Å². The minimum absolute atomic E-state index is 0.0286. The van der Waals surface area contributed by atoms with E-state index < -0.39 is 15.3 Å². The van der Waals surface area contributed by atoms with Crippen LogP contribution in [-0.2, 0) is 16.6 Å². The van der Waals surface area contributed by atoms with Gasteiger partial charge in [-0.15, -0.1) is 0 Å². The smallest absolute Gasteiger partial charge is 0.230 e. The monoisotopic (exact) mass is 254 g/mol. The minimum Gasteiger partial charge on any atom is -0.468 e. The molecule has 0 aromatic carbocycles. The van der Waals surface area contributed by atoms with E-state index in [1.54, 1.807) is 18.2 Å². The molecule has 0 aliphatic heterocycles. The zero-order valence-corrected chi connectivity index (χ0v) is 10.4. The molecular formula is C11H14N2O3S. The highest BCUT2D eigenvalue weighted by molar-refractivity contribution is 7.89. The lowest BCUT2D eigenvalue weighted by Crippen LogP contribution is -2.38. The second-order valence-corrected chi connectivity index (χ2v) is 6.38. The average Bonchev–Trinajstić information content (AvgIpc) is 3.01. The van der Waals surface area contributed by atoms with Gasteiger partial charge in [-0.2, -0.15) is 9.57 Å². The van der Waals surface area contributed by atoms with Gasteiger partial charge in [0.25, 0.3) is 0 Å². The Kier molecular flexibility index (Phi) is 3.22. The second kappa shape index (κ2) is 4.51. The molecule has 5 nitrogen and oxygen atoms in total. The van der Waals surface area contributed by atoms with E-state index in [1.807, 2.05) is 0 Å². The van der Waals surface area contributed by atoms with Gasteiger partial charge in [0.15, 0.2) is 5.25 Å². The molecule has 0 spiro atoms. The summed E-state index contributed by atoms with van der Waals surface area (Å²) < 4.78 is 30.8. The van der Waals surface area contributed by atoms with Crippen LogP contribution in [0.25, 0.3) is 0 Å². The first kappa shape index (κ1) is 12.1. The first-order valence-electron chi connectivity index (χ1n) is 5.48. The van der Waals surface area contributed by atoms with E-state index in [2.05, 4.69) is 0 Å². The van der Waals surface area contributed by atoms with Crippen molar-refractivity contribution in [2.24, 2.45) is 0 Å². The Morgan fingerprint density at radius 3 is 2.82 bits per heavy atom. The number of sulfonamides is 1. The van der Waals surface area contributed by atoms with E-state index in [4.69, 9.17) is 9.68 Å². The van der Waals surface area contributed by atoms with Gasteiger partial charge < -0.3 is 4.42 Å². The van der Waals surface area contributed by atoms with Crippen LogP contribution in [0.4, 0.5) is 0 Å². The van der Waals surface area contributed by atoms with E-state index in [0.29, 0.717) is 5.76 Å². The standard InChI is InChI=1S/C11H14N2O3S/c1-9(7-12)17(14,15)13(10-4-5-10)8-11-3-2-6-16-11/h2-3,6,9-10H,4-5,8H2,1H3. The molecule has 92 valence electrons. The topological polar surface area (TPSA) is 74.3 Å². The van der Waals surface area contributed by atoms with Gasteiger partial charge in [-0.3, -0.25) is 0 Å². The summed E-state index contributed by atoms with van der Waals surface area (Å²) in [5.74, 6) is 0.602. The van der Waals surface area contributed by atoms with Gasteiger partial charge in [-0.05, 0) is 31.9 Å². The Morgan fingerprint density at radius 2 is 2.35 bits per heavy atom. The number of hydrogen-bond acceptors (Lipinski definition) is 4. The molecule has 0 N–H and O–H groups in total. The fourth-order valence-corrected chi connectivity index (χ4v) is 3.09. The van der Waals surface area contributed by atoms with Crippen molar-refractivity contribution in [2.45, 2.75) is 37.6 Å². The van der Waals surface area contributed by atoms with Gasteiger partial charge in [0.1, 0.15) is 5.76 Å². The van der Waals surface area contributed by atoms with Crippen LogP contribution >= 0.6 is 0 Å². The van der Waals surface area contributed by atoms with Crippen molar-refractivity contribution in [2.75, 3.05) is 0 Å². The number of rotatable bonds is 5. The van der Waals surface area contributed by atoms with Gasteiger partial charge >= 0.3 is 0 Å². The summed E-state index contributed by atoms with van der Waals surface area (Å²) in [7, 11) is -3.55. The van der Waals surface area contributed by atoms with Crippen molar-refractivity contribution >= 4 is 10.0 Å². The van der Waals surface area contributed by atoms with E-state index >= 15 is 0 Å². The molecule has 0 bridgehead atoms. The molecule has 17 heavy (non-hydrogen) atoms. The van der Waals surface area contributed by atoms with Crippen LogP contribution in [0, 0.1) is 11.3 Å². The second-order valence-electron chi connectivity index (χ2n) is 4.17. The molecule has 1 aromatic heterocycles. The fraction of sp³-hybridized carbons (Fsp3) is 0.545. The van der Waals surface area contributed by atoms with Crippen molar-refractivity contribution in [3.8, 4) is 6.07 Å². The summed E-state index contributed by atoms with van der Waals surface area (Å²) in [6.45, 7) is 1.62. The predicted molar refractivity (Wildman–Crippen MR) is 61.3 cm³/mol. The first-order valence-corrected chi connectivity index (χ1v) is 6.98. The van der Waals surface area contributed by atoms with Crippen molar-refractivity contribution < 1.29 is 12.8 Å². The Labute approximate surface area is 101 Å². The molecule has 6 heteroatoms. The Hall–Kier alpha value is -1.32. The highest BCUT2D eigenvalue weighted by Crippen LogP contribution is 2.32. The Balaban J connectivity index is 2.21. The van der Waals surface area contributed by atoms with Gasteiger partial charge in [-0.1, -0.05) is 0 Å². The van der Waals surface area contributed by atoms with Gasteiger partial charge in [0.2, 0.25) is 10.0 Å². The maximum atomic E-state index is 12.1. The average molecular weight is 254 g/mol. The molecule has 2 rings (SSSR count). The minimum atomic E-state index is -3.55. The highest BCUT2D eigenvalue weighted by atomic mass is 32.2. The van der Waals surface area contributed by atoms with Crippen molar-refractivity contribution in [1.29, 1.82) is 5.26 Å². The molecule has 1 atom stereocenters. The molecular weight excluding hydrogens is 240 g/mol. The lowest BCUT2D eigenvalue weighted by atomic mass is 10.4. The summed E-state index contributed by atoms with van der Waals surface area (Å²) >= 11 is 0. The number of furan rings is 1. The summed E-state index contributed by atoms with van der Waals surface area (Å²) in [5.41, 5.74) is 0. The van der Waals surface area contributed by atoms with Crippen molar-refractivity contribution in [1.82, 2.24) is 4.31 Å². The third-order valence-electron chi connectivity index (χ3n) is 2.80. The summed E-state index contributed by atoms with van der Waals surface area (Å²) in [5, 5.41) is 7.75. The SMILES string of the molecule is CC(C#N)S(=O)(=O)N(Cc1ccco1)C1CC1. The molecule has 1 aliphatic carbocycles. The van der Waals surface area contributed by atoms with Crippen LogP contribution in [0.2, 0.25) is 0 Å². The van der Waals surface area contributed by atoms with E-state index in [-0.39, 0.29) is 12.6 Å². The molecule has 1 saturated carbocycles. The van der Waals surface area contributed by atoms with E-state index in [9.17, 15) is 8.42 Å². The van der Waals surface area contributed by atoms with Crippen LogP contribution < -0.4 is 0 Å². The van der Waals surface area contributed by atoms with Crippen LogP contribution in [0.3, 0.4) is 0 Å². The van der Waals surface area contributed by atoms with Crippen LogP contribution in [0.15, 0.2) is 22.8 Å². The van der Waals surface area contributed by atoms with Crippen molar-refractivity contribution in [3.05, 3.63) is 24.2 Å². The van der Waals surface area contributed by atoms with Gasteiger partial charge in [-0.25, -0.2) is 8.42 Å². The number of nitrogens with zero attached hydrogens (tertiary/aromatic N) is 2. The maximum absolute atomic E-state index is 12.1. The number of hydrogen-bond donors (Lipinski definition) is 0. The molecule has 1 fully saturated rings. The van der Waals surface area contributed by atoms with Gasteiger partial charge in [0, 0.05) is 6.04 Å².